The molecule has 0 saturated carbocycles. The zero-order valence-electron chi connectivity index (χ0n) is 11.6. The van der Waals surface area contributed by atoms with Crippen LogP contribution in [0.4, 0.5) is 4.79 Å². The SMILES string of the molecule is NC(=O)OCCCCC(N)c1nnc(-c2ccccc2)s1. The molecule has 1 amide bonds. The molecule has 0 spiro atoms. The Morgan fingerprint density at radius 3 is 2.71 bits per heavy atom. The van der Waals surface area contributed by atoms with Gasteiger partial charge in [0.15, 0.2) is 0 Å². The first-order valence-corrected chi connectivity index (χ1v) is 7.55. The summed E-state index contributed by atoms with van der Waals surface area (Å²) in [6, 6.07) is 9.75. The van der Waals surface area contributed by atoms with Crippen molar-refractivity contribution in [1.82, 2.24) is 10.2 Å². The molecule has 2 rings (SSSR count). The van der Waals surface area contributed by atoms with Gasteiger partial charge in [-0.05, 0) is 19.3 Å². The van der Waals surface area contributed by atoms with Crippen molar-refractivity contribution in [3.63, 3.8) is 0 Å². The maximum Gasteiger partial charge on any atom is 0.404 e. The van der Waals surface area contributed by atoms with Crippen molar-refractivity contribution < 1.29 is 9.53 Å². The second-order valence-electron chi connectivity index (χ2n) is 4.58. The second-order valence-corrected chi connectivity index (χ2v) is 5.59. The van der Waals surface area contributed by atoms with E-state index in [9.17, 15) is 4.79 Å². The van der Waals surface area contributed by atoms with E-state index in [1.54, 1.807) is 0 Å². The van der Waals surface area contributed by atoms with E-state index in [0.717, 1.165) is 34.8 Å². The van der Waals surface area contributed by atoms with Gasteiger partial charge in [0.2, 0.25) is 0 Å². The molecule has 21 heavy (non-hydrogen) atoms. The van der Waals surface area contributed by atoms with Crippen LogP contribution in [0.3, 0.4) is 0 Å². The first-order chi connectivity index (χ1) is 10.2. The predicted octanol–water partition coefficient (Wildman–Crippen LogP) is 2.47. The van der Waals surface area contributed by atoms with Gasteiger partial charge in [0.05, 0.1) is 12.6 Å². The topological polar surface area (TPSA) is 104 Å². The van der Waals surface area contributed by atoms with Crippen molar-refractivity contribution >= 4 is 17.4 Å². The molecule has 1 aromatic carbocycles. The smallest absolute Gasteiger partial charge is 0.404 e. The van der Waals surface area contributed by atoms with E-state index in [0.29, 0.717) is 6.61 Å². The number of hydrogen-bond donors (Lipinski definition) is 2. The van der Waals surface area contributed by atoms with Crippen LogP contribution in [0.1, 0.15) is 30.3 Å². The molecule has 0 fully saturated rings. The third-order valence-corrected chi connectivity index (χ3v) is 4.04. The molecular formula is C14H18N4O2S. The van der Waals surface area contributed by atoms with Crippen molar-refractivity contribution in [1.29, 1.82) is 0 Å². The molecule has 0 radical (unpaired) electrons. The Morgan fingerprint density at radius 1 is 1.24 bits per heavy atom. The van der Waals surface area contributed by atoms with Crippen molar-refractivity contribution in [3.05, 3.63) is 35.3 Å². The van der Waals surface area contributed by atoms with E-state index in [1.165, 1.54) is 11.3 Å². The number of amides is 1. The minimum absolute atomic E-state index is 0.145. The van der Waals surface area contributed by atoms with Crippen molar-refractivity contribution in [2.24, 2.45) is 11.5 Å². The molecule has 0 bridgehead atoms. The Hall–Kier alpha value is -1.99. The Labute approximate surface area is 127 Å². The number of hydrogen-bond acceptors (Lipinski definition) is 6. The summed E-state index contributed by atoms with van der Waals surface area (Å²) in [5.74, 6) is 0. The molecule has 0 aliphatic heterocycles. The monoisotopic (exact) mass is 306 g/mol. The normalized spacial score (nSPS) is 12.0. The largest absolute Gasteiger partial charge is 0.450 e. The molecule has 1 heterocycles. The van der Waals surface area contributed by atoms with Gasteiger partial charge in [0.1, 0.15) is 10.0 Å². The van der Waals surface area contributed by atoms with E-state index >= 15 is 0 Å². The Kier molecular flexibility index (Phi) is 5.65. The summed E-state index contributed by atoms with van der Waals surface area (Å²) < 4.78 is 4.66. The lowest BCUT2D eigenvalue weighted by Gasteiger charge is -2.07. The van der Waals surface area contributed by atoms with Crippen LogP contribution in [0, 0.1) is 0 Å². The number of carbonyl (C=O) groups excluding carboxylic acids is 1. The summed E-state index contributed by atoms with van der Waals surface area (Å²) in [7, 11) is 0. The average Bonchev–Trinajstić information content (AvgIpc) is 2.97. The van der Waals surface area contributed by atoms with Gasteiger partial charge in [0.25, 0.3) is 0 Å². The highest BCUT2D eigenvalue weighted by molar-refractivity contribution is 7.14. The summed E-state index contributed by atoms with van der Waals surface area (Å²) in [4.78, 5) is 10.4. The molecule has 112 valence electrons. The lowest BCUT2D eigenvalue weighted by Crippen LogP contribution is -2.14. The van der Waals surface area contributed by atoms with E-state index in [4.69, 9.17) is 11.5 Å². The van der Waals surface area contributed by atoms with Gasteiger partial charge in [0, 0.05) is 5.56 Å². The highest BCUT2D eigenvalue weighted by atomic mass is 32.1. The van der Waals surface area contributed by atoms with Crippen molar-refractivity contribution in [2.45, 2.75) is 25.3 Å². The number of ether oxygens (including phenoxy) is 1. The van der Waals surface area contributed by atoms with Crippen molar-refractivity contribution in [3.8, 4) is 10.6 Å². The molecule has 0 aliphatic carbocycles. The Morgan fingerprint density at radius 2 is 2.00 bits per heavy atom. The molecule has 4 N–H and O–H groups in total. The molecule has 1 unspecified atom stereocenters. The van der Waals surface area contributed by atoms with Crippen molar-refractivity contribution in [2.75, 3.05) is 6.61 Å². The van der Waals surface area contributed by atoms with Crippen LogP contribution >= 0.6 is 11.3 Å². The molecule has 1 atom stereocenters. The lowest BCUT2D eigenvalue weighted by molar-refractivity contribution is 0.154. The first-order valence-electron chi connectivity index (χ1n) is 6.73. The molecule has 6 nitrogen and oxygen atoms in total. The van der Waals surface area contributed by atoms with Crippen LogP contribution in [0.25, 0.3) is 10.6 Å². The fourth-order valence-corrected chi connectivity index (χ4v) is 2.73. The van der Waals surface area contributed by atoms with Gasteiger partial charge in [-0.15, -0.1) is 10.2 Å². The fraction of sp³-hybridized carbons (Fsp3) is 0.357. The Bertz CT molecular complexity index is 573. The predicted molar refractivity (Wildman–Crippen MR) is 81.7 cm³/mol. The minimum atomic E-state index is -0.740. The van der Waals surface area contributed by atoms with Crippen LogP contribution in [-0.4, -0.2) is 22.9 Å². The summed E-state index contributed by atoms with van der Waals surface area (Å²) in [6.45, 7) is 0.327. The van der Waals surface area contributed by atoms with E-state index in [2.05, 4.69) is 14.9 Å². The van der Waals surface area contributed by atoms with Crippen LogP contribution in [0.5, 0.6) is 0 Å². The number of unbranched alkanes of at least 4 members (excludes halogenated alkanes) is 1. The van der Waals surface area contributed by atoms with Gasteiger partial charge >= 0.3 is 6.09 Å². The molecule has 7 heteroatoms. The first kappa shape index (κ1) is 15.4. The molecule has 0 aliphatic rings. The second kappa shape index (κ2) is 7.70. The van der Waals surface area contributed by atoms with Gasteiger partial charge in [-0.25, -0.2) is 4.79 Å². The number of primary amides is 1. The summed E-state index contributed by atoms with van der Waals surface area (Å²) in [5, 5.41) is 10.0. The maximum absolute atomic E-state index is 10.4. The summed E-state index contributed by atoms with van der Waals surface area (Å²) in [6.07, 6.45) is 1.61. The maximum atomic E-state index is 10.4. The van der Waals surface area contributed by atoms with E-state index < -0.39 is 6.09 Å². The van der Waals surface area contributed by atoms with Gasteiger partial charge < -0.3 is 16.2 Å². The highest BCUT2D eigenvalue weighted by Gasteiger charge is 2.13. The van der Waals surface area contributed by atoms with E-state index in [1.807, 2.05) is 30.3 Å². The molecule has 2 aromatic rings. The molecule has 1 aromatic heterocycles. The summed E-state index contributed by atoms with van der Waals surface area (Å²) in [5.41, 5.74) is 12.0. The number of aromatic nitrogens is 2. The van der Waals surface area contributed by atoms with Gasteiger partial charge in [-0.2, -0.15) is 0 Å². The van der Waals surface area contributed by atoms with E-state index in [-0.39, 0.29) is 6.04 Å². The van der Waals surface area contributed by atoms with Crippen LogP contribution < -0.4 is 11.5 Å². The standard InChI is InChI=1S/C14H18N4O2S/c15-11(8-4-5-9-20-14(16)19)13-18-17-12(21-13)10-6-2-1-3-7-10/h1-3,6-7,11H,4-5,8-9,15H2,(H2,16,19). The average molecular weight is 306 g/mol. The minimum Gasteiger partial charge on any atom is -0.450 e. The van der Waals surface area contributed by atoms with Gasteiger partial charge in [-0.1, -0.05) is 41.7 Å². The molecular weight excluding hydrogens is 288 g/mol. The zero-order valence-corrected chi connectivity index (χ0v) is 12.4. The van der Waals surface area contributed by atoms with Crippen LogP contribution in [0.15, 0.2) is 30.3 Å². The quantitative estimate of drug-likeness (QED) is 0.765. The number of carbonyl (C=O) groups is 1. The number of nitrogens with zero attached hydrogens (tertiary/aromatic N) is 2. The number of nitrogens with two attached hydrogens (primary N) is 2. The zero-order chi connectivity index (χ0) is 15.1. The van der Waals surface area contributed by atoms with Gasteiger partial charge in [-0.3, -0.25) is 0 Å². The van der Waals surface area contributed by atoms with Crippen LogP contribution in [-0.2, 0) is 4.74 Å². The van der Waals surface area contributed by atoms with Crippen LogP contribution in [0.2, 0.25) is 0 Å². The third kappa shape index (κ3) is 4.80. The Balaban J connectivity index is 1.82. The third-order valence-electron chi connectivity index (χ3n) is 2.93. The number of benzene rings is 1. The fourth-order valence-electron chi connectivity index (χ4n) is 1.84. The lowest BCUT2D eigenvalue weighted by atomic mass is 10.1. The summed E-state index contributed by atoms with van der Waals surface area (Å²) >= 11 is 1.51. The highest BCUT2D eigenvalue weighted by Crippen LogP contribution is 2.27. The number of rotatable bonds is 7. The molecule has 0 saturated heterocycles.